The van der Waals surface area contributed by atoms with Gasteiger partial charge in [-0.1, -0.05) is 6.07 Å². The highest BCUT2D eigenvalue weighted by Gasteiger charge is 2.35. The Morgan fingerprint density at radius 2 is 1.84 bits per heavy atom. The van der Waals surface area contributed by atoms with Crippen molar-refractivity contribution >= 4 is 11.9 Å². The number of fused-ring (bicyclic) bond motifs is 1. The van der Waals surface area contributed by atoms with Crippen LogP contribution in [0.5, 0.6) is 11.5 Å². The first-order chi connectivity index (χ1) is 11.6. The number of aliphatic hydroxyl groups is 1. The molecule has 0 spiro atoms. The minimum absolute atomic E-state index is 0.0192. The van der Waals surface area contributed by atoms with E-state index in [0.29, 0.717) is 5.75 Å². The van der Waals surface area contributed by atoms with Gasteiger partial charge in [-0.15, -0.1) is 0 Å². The molecule has 0 fully saturated rings. The summed E-state index contributed by atoms with van der Waals surface area (Å²) >= 11 is 0. The van der Waals surface area contributed by atoms with E-state index in [-0.39, 0.29) is 28.1 Å². The second-order valence-corrected chi connectivity index (χ2v) is 6.66. The molecular formula is C18H23NO6. The van der Waals surface area contributed by atoms with E-state index in [1.54, 1.807) is 26.8 Å². The van der Waals surface area contributed by atoms with Gasteiger partial charge in [0.1, 0.15) is 11.7 Å². The van der Waals surface area contributed by atoms with Gasteiger partial charge in [-0.2, -0.15) is 0 Å². The Labute approximate surface area is 146 Å². The van der Waals surface area contributed by atoms with E-state index in [1.165, 1.54) is 27.2 Å². The van der Waals surface area contributed by atoms with Crippen molar-refractivity contribution in [3.05, 3.63) is 34.5 Å². The fourth-order valence-electron chi connectivity index (χ4n) is 2.66. The molecule has 7 nitrogen and oxygen atoms in total. The van der Waals surface area contributed by atoms with Gasteiger partial charge in [-0.25, -0.2) is 4.79 Å². The van der Waals surface area contributed by atoms with Crippen molar-refractivity contribution < 1.29 is 28.9 Å². The molecule has 0 aliphatic carbocycles. The van der Waals surface area contributed by atoms with Crippen molar-refractivity contribution in [2.75, 3.05) is 14.2 Å². The van der Waals surface area contributed by atoms with Gasteiger partial charge in [0.25, 0.3) is 5.91 Å². The molecule has 2 N–H and O–H groups in total. The number of carbonyl (C=O) groups is 2. The molecule has 25 heavy (non-hydrogen) atoms. The first-order valence-corrected chi connectivity index (χ1v) is 7.79. The number of nitrogens with one attached hydrogen (secondary N) is 1. The van der Waals surface area contributed by atoms with E-state index in [2.05, 4.69) is 5.32 Å². The minimum Gasteiger partial charge on any atom is -0.493 e. The molecule has 0 saturated heterocycles. The van der Waals surface area contributed by atoms with E-state index < -0.39 is 23.6 Å². The second kappa shape index (κ2) is 6.76. The van der Waals surface area contributed by atoms with Gasteiger partial charge in [0.15, 0.2) is 11.5 Å². The molecule has 1 amide bonds. The molecule has 0 radical (unpaired) electrons. The van der Waals surface area contributed by atoms with Crippen molar-refractivity contribution in [1.29, 1.82) is 0 Å². The van der Waals surface area contributed by atoms with Gasteiger partial charge in [0, 0.05) is 11.3 Å². The maximum absolute atomic E-state index is 12.6. The molecule has 1 aliphatic rings. The summed E-state index contributed by atoms with van der Waals surface area (Å²) in [7, 11) is 2.85. The highest BCUT2D eigenvalue weighted by atomic mass is 16.6. The van der Waals surface area contributed by atoms with Crippen molar-refractivity contribution in [2.45, 2.75) is 39.4 Å². The molecule has 1 aromatic carbocycles. The van der Waals surface area contributed by atoms with Gasteiger partial charge in [-0.05, 0) is 33.8 Å². The third-order valence-electron chi connectivity index (χ3n) is 3.70. The topological polar surface area (TPSA) is 94.1 Å². The Kier molecular flexibility index (Phi) is 5.08. The predicted octanol–water partition coefficient (Wildman–Crippen LogP) is 2.10. The Balaban J connectivity index is 2.61. The molecule has 0 aromatic heterocycles. The van der Waals surface area contributed by atoms with Crippen LogP contribution < -0.4 is 14.8 Å². The third kappa shape index (κ3) is 3.61. The number of ether oxygens (including phenoxy) is 3. The summed E-state index contributed by atoms with van der Waals surface area (Å²) in [5, 5.41) is 13.4. The highest BCUT2D eigenvalue weighted by molar-refractivity contribution is 6.03. The largest absolute Gasteiger partial charge is 0.493 e. The van der Waals surface area contributed by atoms with Crippen LogP contribution >= 0.6 is 0 Å². The molecule has 1 aliphatic heterocycles. The fourth-order valence-corrected chi connectivity index (χ4v) is 2.66. The maximum Gasteiger partial charge on any atom is 0.339 e. The summed E-state index contributed by atoms with van der Waals surface area (Å²) in [6.07, 6.45) is -1.34. The molecule has 2 rings (SSSR count). The van der Waals surface area contributed by atoms with Crippen LogP contribution in [0.15, 0.2) is 23.4 Å². The molecule has 0 unspecified atom stereocenters. The number of allylic oxidation sites excluding steroid dienone is 1. The molecule has 1 heterocycles. The predicted molar refractivity (Wildman–Crippen MR) is 90.5 cm³/mol. The van der Waals surface area contributed by atoms with Crippen molar-refractivity contribution in [1.82, 2.24) is 5.32 Å². The number of aliphatic hydroxyl groups excluding tert-OH is 1. The van der Waals surface area contributed by atoms with Gasteiger partial charge >= 0.3 is 5.97 Å². The van der Waals surface area contributed by atoms with Gasteiger partial charge < -0.3 is 24.6 Å². The van der Waals surface area contributed by atoms with Crippen molar-refractivity contribution in [3.63, 3.8) is 0 Å². The molecular weight excluding hydrogens is 326 g/mol. The summed E-state index contributed by atoms with van der Waals surface area (Å²) in [5.41, 5.74) is -0.167. The number of esters is 1. The zero-order chi connectivity index (χ0) is 18.9. The van der Waals surface area contributed by atoms with E-state index in [9.17, 15) is 14.7 Å². The summed E-state index contributed by atoms with van der Waals surface area (Å²) in [6.45, 7) is 6.72. The van der Waals surface area contributed by atoms with Crippen molar-refractivity contribution in [3.8, 4) is 11.5 Å². The van der Waals surface area contributed by atoms with Gasteiger partial charge in [0.05, 0.1) is 25.4 Å². The lowest BCUT2D eigenvalue weighted by molar-refractivity contribution is -0.151. The lowest BCUT2D eigenvalue weighted by Crippen LogP contribution is -2.28. The van der Waals surface area contributed by atoms with Crippen LogP contribution in [0, 0.1) is 0 Å². The Morgan fingerprint density at radius 3 is 2.36 bits per heavy atom. The van der Waals surface area contributed by atoms with Gasteiger partial charge in [0.2, 0.25) is 0 Å². The Morgan fingerprint density at radius 1 is 1.20 bits per heavy atom. The lowest BCUT2D eigenvalue weighted by Gasteiger charge is -2.23. The number of methoxy groups -OCH3 is 2. The molecule has 1 aromatic rings. The summed E-state index contributed by atoms with van der Waals surface area (Å²) in [5.74, 6) is -0.655. The quantitative estimate of drug-likeness (QED) is 0.812. The number of amides is 1. The average molecular weight is 349 g/mol. The van der Waals surface area contributed by atoms with Crippen LogP contribution in [-0.4, -0.2) is 36.8 Å². The molecule has 0 saturated carbocycles. The van der Waals surface area contributed by atoms with Crippen LogP contribution in [0.3, 0.4) is 0 Å². The lowest BCUT2D eigenvalue weighted by atomic mass is 9.95. The van der Waals surface area contributed by atoms with Crippen molar-refractivity contribution in [2.24, 2.45) is 0 Å². The molecule has 7 heteroatoms. The maximum atomic E-state index is 12.6. The normalized spacial score (nSPS) is 17.4. The third-order valence-corrected chi connectivity index (χ3v) is 3.70. The molecule has 0 bridgehead atoms. The Hall–Kier alpha value is -2.54. The standard InChI is InChI=1S/C18H23NO6/c1-9-12(17(22)25-18(2,3)4)14(20)10-7-8-11(23-5)15(24-6)13(10)16(21)19-9/h7-8,14,20H,1-6H3,(H,19,21)/t14-/m1/s1. The molecule has 136 valence electrons. The first kappa shape index (κ1) is 18.8. The average Bonchev–Trinajstić information content (AvgIpc) is 2.59. The van der Waals surface area contributed by atoms with Crippen LogP contribution in [0.1, 0.15) is 49.7 Å². The number of rotatable bonds is 3. The number of hydrogen-bond donors (Lipinski definition) is 2. The highest BCUT2D eigenvalue weighted by Crippen LogP contribution is 2.40. The molecule has 1 atom stereocenters. The second-order valence-electron chi connectivity index (χ2n) is 6.66. The fraction of sp³-hybridized carbons (Fsp3) is 0.444. The number of benzene rings is 1. The number of carbonyl (C=O) groups excluding carboxylic acids is 2. The SMILES string of the molecule is COc1ccc2c(c1OC)C(=O)NC(C)=C(C(=O)OC(C)(C)C)[C@@H]2O. The smallest absolute Gasteiger partial charge is 0.339 e. The van der Waals surface area contributed by atoms with E-state index in [1.807, 2.05) is 0 Å². The zero-order valence-electron chi connectivity index (χ0n) is 15.2. The van der Waals surface area contributed by atoms with Gasteiger partial charge in [-0.3, -0.25) is 4.79 Å². The van der Waals surface area contributed by atoms with Crippen LogP contribution in [-0.2, 0) is 9.53 Å². The first-order valence-electron chi connectivity index (χ1n) is 7.79. The summed E-state index contributed by atoms with van der Waals surface area (Å²) in [4.78, 5) is 25.2. The van der Waals surface area contributed by atoms with Crippen LogP contribution in [0.4, 0.5) is 0 Å². The zero-order valence-corrected chi connectivity index (χ0v) is 15.2. The van der Waals surface area contributed by atoms with E-state index in [0.717, 1.165) is 0 Å². The summed E-state index contributed by atoms with van der Waals surface area (Å²) < 4.78 is 15.9. The number of hydrogen-bond acceptors (Lipinski definition) is 6. The Bertz CT molecular complexity index is 745. The van der Waals surface area contributed by atoms with E-state index >= 15 is 0 Å². The summed E-state index contributed by atoms with van der Waals surface area (Å²) in [6, 6.07) is 3.10. The monoisotopic (exact) mass is 349 g/mol. The van der Waals surface area contributed by atoms with E-state index in [4.69, 9.17) is 14.2 Å². The minimum atomic E-state index is -1.34. The van der Waals surface area contributed by atoms with Crippen LogP contribution in [0.2, 0.25) is 0 Å². The van der Waals surface area contributed by atoms with Crippen LogP contribution in [0.25, 0.3) is 0 Å².